The van der Waals surface area contributed by atoms with Crippen LogP contribution in [0.2, 0.25) is 0 Å². The predicted octanol–water partition coefficient (Wildman–Crippen LogP) is 3.95. The van der Waals surface area contributed by atoms with Crippen LogP contribution in [0.15, 0.2) is 30.5 Å². The van der Waals surface area contributed by atoms with E-state index in [-0.39, 0.29) is 0 Å². The number of aromatic nitrogens is 2. The van der Waals surface area contributed by atoms with Gasteiger partial charge in [-0.25, -0.2) is 0 Å². The Morgan fingerprint density at radius 3 is 2.57 bits per heavy atom. The second kappa shape index (κ2) is 7.99. The third-order valence-electron chi connectivity index (χ3n) is 4.03. The Balaban J connectivity index is 1.73. The molecule has 0 saturated carbocycles. The van der Waals surface area contributed by atoms with Gasteiger partial charge in [0.15, 0.2) is 0 Å². The van der Waals surface area contributed by atoms with Gasteiger partial charge in [0.05, 0.1) is 6.20 Å². The van der Waals surface area contributed by atoms with Crippen LogP contribution in [0, 0.1) is 6.92 Å². The van der Waals surface area contributed by atoms with E-state index in [2.05, 4.69) is 60.6 Å². The quantitative estimate of drug-likeness (QED) is 0.721. The molecule has 0 radical (unpaired) electrons. The first-order valence-electron chi connectivity index (χ1n) is 8.01. The highest BCUT2D eigenvalue weighted by molar-refractivity contribution is 5.24. The summed E-state index contributed by atoms with van der Waals surface area (Å²) >= 11 is 0. The molecule has 2 N–H and O–H groups in total. The molecule has 114 valence electrons. The highest BCUT2D eigenvalue weighted by Gasteiger charge is 2.05. The van der Waals surface area contributed by atoms with Crippen LogP contribution in [0.1, 0.15) is 55.1 Å². The SMILES string of the molecule is CCCc1ccc(C(C)NCCCc2cn[nH]c2C)cc1. The molecule has 0 bridgehead atoms. The molecule has 3 nitrogen and oxygen atoms in total. The molecule has 21 heavy (non-hydrogen) atoms. The molecule has 2 aromatic rings. The zero-order chi connectivity index (χ0) is 15.1. The maximum Gasteiger partial charge on any atom is 0.0522 e. The molecule has 1 aromatic carbocycles. The van der Waals surface area contributed by atoms with Crippen molar-refractivity contribution in [2.45, 2.75) is 52.5 Å². The molecule has 0 saturated heterocycles. The van der Waals surface area contributed by atoms with Crippen molar-refractivity contribution >= 4 is 0 Å². The van der Waals surface area contributed by atoms with E-state index in [4.69, 9.17) is 0 Å². The third-order valence-corrected chi connectivity index (χ3v) is 4.03. The monoisotopic (exact) mass is 285 g/mol. The third kappa shape index (κ3) is 4.71. The number of rotatable bonds is 8. The molecule has 1 unspecified atom stereocenters. The zero-order valence-corrected chi connectivity index (χ0v) is 13.4. The average Bonchev–Trinajstić information content (AvgIpc) is 2.90. The molecule has 1 atom stereocenters. The Hall–Kier alpha value is -1.61. The Morgan fingerprint density at radius 1 is 1.19 bits per heavy atom. The number of nitrogens with one attached hydrogen (secondary N) is 2. The number of aromatic amines is 1. The van der Waals surface area contributed by atoms with E-state index in [0.717, 1.165) is 19.4 Å². The molecular formula is C18H27N3. The van der Waals surface area contributed by atoms with E-state index in [1.807, 2.05) is 6.20 Å². The first-order chi connectivity index (χ1) is 10.2. The fourth-order valence-corrected chi connectivity index (χ4v) is 2.60. The van der Waals surface area contributed by atoms with Crippen LogP contribution in [0.5, 0.6) is 0 Å². The van der Waals surface area contributed by atoms with Gasteiger partial charge >= 0.3 is 0 Å². The fraction of sp³-hybridized carbons (Fsp3) is 0.500. The van der Waals surface area contributed by atoms with Gasteiger partial charge in [0.25, 0.3) is 0 Å². The topological polar surface area (TPSA) is 40.7 Å². The molecule has 0 fully saturated rings. The summed E-state index contributed by atoms with van der Waals surface area (Å²) in [5.74, 6) is 0. The van der Waals surface area contributed by atoms with E-state index in [0.29, 0.717) is 6.04 Å². The van der Waals surface area contributed by atoms with E-state index in [1.165, 1.54) is 35.2 Å². The van der Waals surface area contributed by atoms with Crippen molar-refractivity contribution in [3.05, 3.63) is 52.8 Å². The summed E-state index contributed by atoms with van der Waals surface area (Å²) in [6.45, 7) is 7.57. The molecule has 0 aliphatic heterocycles. The van der Waals surface area contributed by atoms with Gasteiger partial charge in [0.1, 0.15) is 0 Å². The molecule has 2 rings (SSSR count). The molecule has 3 heteroatoms. The second-order valence-corrected chi connectivity index (χ2v) is 5.79. The van der Waals surface area contributed by atoms with Crippen molar-refractivity contribution in [2.24, 2.45) is 0 Å². The Labute approximate surface area is 128 Å². The van der Waals surface area contributed by atoms with Crippen molar-refractivity contribution in [2.75, 3.05) is 6.54 Å². The van der Waals surface area contributed by atoms with Crippen molar-refractivity contribution < 1.29 is 0 Å². The molecule has 0 aliphatic rings. The van der Waals surface area contributed by atoms with Crippen molar-refractivity contribution in [1.82, 2.24) is 15.5 Å². The molecule has 0 spiro atoms. The van der Waals surface area contributed by atoms with Gasteiger partial charge in [-0.15, -0.1) is 0 Å². The molecular weight excluding hydrogens is 258 g/mol. The smallest absolute Gasteiger partial charge is 0.0522 e. The van der Waals surface area contributed by atoms with Gasteiger partial charge in [-0.2, -0.15) is 5.10 Å². The number of hydrogen-bond acceptors (Lipinski definition) is 2. The van der Waals surface area contributed by atoms with Crippen LogP contribution >= 0.6 is 0 Å². The maximum atomic E-state index is 4.06. The number of benzene rings is 1. The standard InChI is InChI=1S/C18H27N3/c1-4-6-16-8-10-17(11-9-16)14(2)19-12-5-7-18-13-20-21-15(18)3/h8-11,13-14,19H,4-7,12H2,1-3H3,(H,20,21). The van der Waals surface area contributed by atoms with Crippen LogP contribution in [-0.4, -0.2) is 16.7 Å². The number of H-pyrrole nitrogens is 1. The van der Waals surface area contributed by atoms with Crippen LogP contribution in [-0.2, 0) is 12.8 Å². The number of nitrogens with zero attached hydrogens (tertiary/aromatic N) is 1. The van der Waals surface area contributed by atoms with Gasteiger partial charge in [0.2, 0.25) is 0 Å². The number of aryl methyl sites for hydroxylation is 3. The second-order valence-electron chi connectivity index (χ2n) is 5.79. The largest absolute Gasteiger partial charge is 0.310 e. The highest BCUT2D eigenvalue weighted by atomic mass is 15.1. The van der Waals surface area contributed by atoms with Gasteiger partial charge in [0, 0.05) is 11.7 Å². The molecule has 0 amide bonds. The van der Waals surface area contributed by atoms with Gasteiger partial charge < -0.3 is 5.32 Å². The first-order valence-corrected chi connectivity index (χ1v) is 8.01. The Kier molecular flexibility index (Phi) is 6.00. The van der Waals surface area contributed by atoms with Gasteiger partial charge in [-0.05, 0) is 56.3 Å². The van der Waals surface area contributed by atoms with Gasteiger partial charge in [-0.3, -0.25) is 5.10 Å². The summed E-state index contributed by atoms with van der Waals surface area (Å²) in [6.07, 6.45) is 6.54. The van der Waals surface area contributed by atoms with Crippen LogP contribution in [0.25, 0.3) is 0 Å². The van der Waals surface area contributed by atoms with Crippen LogP contribution < -0.4 is 5.32 Å². The summed E-state index contributed by atoms with van der Waals surface area (Å²) < 4.78 is 0. The minimum atomic E-state index is 0.408. The molecule has 1 heterocycles. The normalized spacial score (nSPS) is 12.5. The maximum absolute atomic E-state index is 4.06. The summed E-state index contributed by atoms with van der Waals surface area (Å²) in [7, 11) is 0. The lowest BCUT2D eigenvalue weighted by atomic mass is 10.0. The summed E-state index contributed by atoms with van der Waals surface area (Å²) in [4.78, 5) is 0. The van der Waals surface area contributed by atoms with E-state index in [1.54, 1.807) is 0 Å². The van der Waals surface area contributed by atoms with E-state index in [9.17, 15) is 0 Å². The lowest BCUT2D eigenvalue weighted by Gasteiger charge is -2.14. The predicted molar refractivity (Wildman–Crippen MR) is 88.5 cm³/mol. The van der Waals surface area contributed by atoms with Crippen molar-refractivity contribution in [3.8, 4) is 0 Å². The Bertz CT molecular complexity index is 528. The summed E-state index contributed by atoms with van der Waals surface area (Å²) in [6, 6.07) is 9.43. The zero-order valence-electron chi connectivity index (χ0n) is 13.4. The van der Waals surface area contributed by atoms with Crippen LogP contribution in [0.4, 0.5) is 0 Å². The minimum Gasteiger partial charge on any atom is -0.310 e. The van der Waals surface area contributed by atoms with Crippen molar-refractivity contribution in [1.29, 1.82) is 0 Å². The van der Waals surface area contributed by atoms with Crippen molar-refractivity contribution in [3.63, 3.8) is 0 Å². The summed E-state index contributed by atoms with van der Waals surface area (Å²) in [5, 5.41) is 10.7. The van der Waals surface area contributed by atoms with Gasteiger partial charge in [-0.1, -0.05) is 37.6 Å². The average molecular weight is 285 g/mol. The highest BCUT2D eigenvalue weighted by Crippen LogP contribution is 2.14. The Morgan fingerprint density at radius 2 is 1.95 bits per heavy atom. The fourth-order valence-electron chi connectivity index (χ4n) is 2.60. The van der Waals surface area contributed by atoms with E-state index >= 15 is 0 Å². The summed E-state index contributed by atoms with van der Waals surface area (Å²) in [5.41, 5.74) is 5.32. The van der Waals surface area contributed by atoms with E-state index < -0.39 is 0 Å². The number of hydrogen-bond donors (Lipinski definition) is 2. The minimum absolute atomic E-state index is 0.408. The first kappa shape index (κ1) is 15.8. The molecule has 1 aromatic heterocycles. The molecule has 0 aliphatic carbocycles. The lowest BCUT2D eigenvalue weighted by Crippen LogP contribution is -2.20. The lowest BCUT2D eigenvalue weighted by molar-refractivity contribution is 0.558. The van der Waals surface area contributed by atoms with Crippen LogP contribution in [0.3, 0.4) is 0 Å².